The molecular weight excluding hydrogens is 176 g/mol. The molecule has 0 aliphatic rings. The number of ether oxygens (including phenoxy) is 1. The highest BCUT2D eigenvalue weighted by atomic mass is 16.5. The van der Waals surface area contributed by atoms with Gasteiger partial charge >= 0.3 is 0 Å². The average Bonchev–Trinajstić information content (AvgIpc) is 2.25. The van der Waals surface area contributed by atoms with Gasteiger partial charge in [0.25, 0.3) is 0 Å². The van der Waals surface area contributed by atoms with Crippen molar-refractivity contribution in [2.24, 2.45) is 0 Å². The number of carbonyl (C=O) groups is 1. The van der Waals surface area contributed by atoms with E-state index in [1.165, 1.54) is 11.1 Å². The smallest absolute Gasteiger partial charge is 0.120 e. The van der Waals surface area contributed by atoms with Crippen molar-refractivity contribution in [1.29, 1.82) is 0 Å². The van der Waals surface area contributed by atoms with Crippen LogP contribution in [0.15, 0.2) is 18.2 Å². The van der Waals surface area contributed by atoms with Crippen LogP contribution in [-0.4, -0.2) is 13.4 Å². The molecule has 0 N–H and O–H groups in total. The Morgan fingerprint density at radius 1 is 1.36 bits per heavy atom. The van der Waals surface area contributed by atoms with Gasteiger partial charge in [-0.3, -0.25) is 0 Å². The molecule has 0 unspecified atom stereocenters. The van der Waals surface area contributed by atoms with E-state index >= 15 is 0 Å². The monoisotopic (exact) mass is 192 g/mol. The van der Waals surface area contributed by atoms with Gasteiger partial charge in [0.2, 0.25) is 0 Å². The van der Waals surface area contributed by atoms with Gasteiger partial charge in [-0.2, -0.15) is 0 Å². The lowest BCUT2D eigenvalue weighted by atomic mass is 10.0. The summed E-state index contributed by atoms with van der Waals surface area (Å²) >= 11 is 0. The highest BCUT2D eigenvalue weighted by Gasteiger charge is 2.02. The molecule has 0 radical (unpaired) electrons. The van der Waals surface area contributed by atoms with Gasteiger partial charge in [-0.1, -0.05) is 13.0 Å². The molecule has 0 heterocycles. The normalized spacial score (nSPS) is 9.86. The van der Waals surface area contributed by atoms with Gasteiger partial charge < -0.3 is 9.53 Å². The van der Waals surface area contributed by atoms with Gasteiger partial charge in [0.05, 0.1) is 7.11 Å². The largest absolute Gasteiger partial charge is 0.497 e. The summed E-state index contributed by atoms with van der Waals surface area (Å²) in [5.41, 5.74) is 2.52. The highest BCUT2D eigenvalue weighted by molar-refractivity contribution is 5.50. The third-order valence-corrected chi connectivity index (χ3v) is 2.33. The number of aldehydes is 1. The zero-order valence-corrected chi connectivity index (χ0v) is 8.75. The lowest BCUT2D eigenvalue weighted by molar-refractivity contribution is -0.107. The van der Waals surface area contributed by atoms with Crippen LogP contribution < -0.4 is 4.74 Å². The van der Waals surface area contributed by atoms with Crippen LogP contribution in [0.1, 0.15) is 24.5 Å². The maximum atomic E-state index is 10.3. The highest BCUT2D eigenvalue weighted by Crippen LogP contribution is 2.19. The Bertz CT molecular complexity index is 305. The van der Waals surface area contributed by atoms with E-state index in [1.807, 2.05) is 12.1 Å². The molecule has 0 saturated carbocycles. The Hall–Kier alpha value is -1.31. The molecule has 0 fully saturated rings. The summed E-state index contributed by atoms with van der Waals surface area (Å²) in [4.78, 5) is 10.3. The molecule has 2 nitrogen and oxygen atoms in total. The number of aryl methyl sites for hydroxylation is 2. The Labute approximate surface area is 84.9 Å². The van der Waals surface area contributed by atoms with Crippen molar-refractivity contribution in [2.75, 3.05) is 7.11 Å². The van der Waals surface area contributed by atoms with Crippen LogP contribution in [0.3, 0.4) is 0 Å². The Balaban J connectivity index is 2.89. The summed E-state index contributed by atoms with van der Waals surface area (Å²) in [6, 6.07) is 6.05. The Kier molecular flexibility index (Phi) is 4.17. The van der Waals surface area contributed by atoms with Crippen LogP contribution in [-0.2, 0) is 17.6 Å². The zero-order chi connectivity index (χ0) is 10.4. The maximum Gasteiger partial charge on any atom is 0.120 e. The first kappa shape index (κ1) is 10.8. The molecule has 76 valence electrons. The molecule has 2 heteroatoms. The maximum absolute atomic E-state index is 10.3. The summed E-state index contributed by atoms with van der Waals surface area (Å²) in [5.74, 6) is 0.864. The molecule has 0 bridgehead atoms. The molecule has 0 saturated heterocycles. The first-order valence-corrected chi connectivity index (χ1v) is 4.91. The van der Waals surface area contributed by atoms with Crippen LogP contribution in [0.4, 0.5) is 0 Å². The van der Waals surface area contributed by atoms with E-state index in [-0.39, 0.29) is 0 Å². The fourth-order valence-electron chi connectivity index (χ4n) is 1.52. The van der Waals surface area contributed by atoms with Gasteiger partial charge in [-0.25, -0.2) is 0 Å². The lowest BCUT2D eigenvalue weighted by Gasteiger charge is -2.08. The molecule has 0 aliphatic carbocycles. The van der Waals surface area contributed by atoms with E-state index < -0.39 is 0 Å². The van der Waals surface area contributed by atoms with Crippen molar-refractivity contribution in [3.8, 4) is 5.75 Å². The summed E-state index contributed by atoms with van der Waals surface area (Å²) in [7, 11) is 1.66. The van der Waals surface area contributed by atoms with Crippen molar-refractivity contribution in [3.05, 3.63) is 29.3 Å². The molecule has 0 aromatic heterocycles. The number of methoxy groups -OCH3 is 1. The second-order valence-corrected chi connectivity index (χ2v) is 3.19. The van der Waals surface area contributed by atoms with Crippen LogP contribution in [0.5, 0.6) is 5.75 Å². The third kappa shape index (κ3) is 2.59. The molecular formula is C12H16O2. The third-order valence-electron chi connectivity index (χ3n) is 2.33. The summed E-state index contributed by atoms with van der Waals surface area (Å²) in [5, 5.41) is 0. The molecule has 0 amide bonds. The van der Waals surface area contributed by atoms with Crippen LogP contribution in [0.25, 0.3) is 0 Å². The van der Waals surface area contributed by atoms with Crippen molar-refractivity contribution >= 4 is 6.29 Å². The number of benzene rings is 1. The van der Waals surface area contributed by atoms with Crippen molar-refractivity contribution in [1.82, 2.24) is 0 Å². The van der Waals surface area contributed by atoms with Gasteiger partial charge in [0.1, 0.15) is 12.0 Å². The van der Waals surface area contributed by atoms with Crippen molar-refractivity contribution in [3.63, 3.8) is 0 Å². The molecule has 0 spiro atoms. The average molecular weight is 192 g/mol. The van der Waals surface area contributed by atoms with E-state index in [1.54, 1.807) is 7.11 Å². The van der Waals surface area contributed by atoms with Crippen molar-refractivity contribution in [2.45, 2.75) is 26.2 Å². The van der Waals surface area contributed by atoms with E-state index in [4.69, 9.17) is 4.74 Å². The predicted octanol–water partition coefficient (Wildman–Crippen LogP) is 2.39. The topological polar surface area (TPSA) is 26.3 Å². The first-order chi connectivity index (χ1) is 6.81. The minimum atomic E-state index is 0.583. The molecule has 14 heavy (non-hydrogen) atoms. The number of hydrogen-bond acceptors (Lipinski definition) is 2. The zero-order valence-electron chi connectivity index (χ0n) is 8.75. The molecule has 1 aromatic rings. The molecule has 0 atom stereocenters. The molecule has 0 aliphatic heterocycles. The number of carbonyl (C=O) groups excluding carboxylic acids is 1. The quantitative estimate of drug-likeness (QED) is 0.669. The second-order valence-electron chi connectivity index (χ2n) is 3.19. The molecule has 1 rings (SSSR count). The second kappa shape index (κ2) is 5.43. The fourth-order valence-corrected chi connectivity index (χ4v) is 1.52. The van der Waals surface area contributed by atoms with E-state index in [9.17, 15) is 4.79 Å². The first-order valence-electron chi connectivity index (χ1n) is 4.91. The van der Waals surface area contributed by atoms with Crippen LogP contribution in [0, 0.1) is 0 Å². The molecule has 1 aromatic carbocycles. The standard InChI is InChI=1S/C12H16O2/c1-3-10-6-7-12(14-2)9-11(10)5-4-8-13/h6-9H,3-5H2,1-2H3. The summed E-state index contributed by atoms with van der Waals surface area (Å²) in [6.07, 6.45) is 3.35. The van der Waals surface area contributed by atoms with Gasteiger partial charge in [0.15, 0.2) is 0 Å². The van der Waals surface area contributed by atoms with Gasteiger partial charge in [-0.15, -0.1) is 0 Å². The fraction of sp³-hybridized carbons (Fsp3) is 0.417. The van der Waals surface area contributed by atoms with Crippen molar-refractivity contribution < 1.29 is 9.53 Å². The minimum absolute atomic E-state index is 0.583. The van der Waals surface area contributed by atoms with E-state index in [0.29, 0.717) is 6.42 Å². The Morgan fingerprint density at radius 3 is 2.71 bits per heavy atom. The predicted molar refractivity (Wildman–Crippen MR) is 56.8 cm³/mol. The van der Waals surface area contributed by atoms with E-state index in [0.717, 1.165) is 24.9 Å². The van der Waals surface area contributed by atoms with Gasteiger partial charge in [-0.05, 0) is 36.1 Å². The van der Waals surface area contributed by atoms with Crippen LogP contribution in [0.2, 0.25) is 0 Å². The summed E-state index contributed by atoms with van der Waals surface area (Å²) < 4.78 is 5.15. The van der Waals surface area contributed by atoms with E-state index in [2.05, 4.69) is 13.0 Å². The number of hydrogen-bond donors (Lipinski definition) is 0. The number of rotatable bonds is 5. The summed E-state index contributed by atoms with van der Waals surface area (Å²) in [6.45, 7) is 2.12. The SMILES string of the molecule is CCc1ccc(OC)cc1CCC=O. The van der Waals surface area contributed by atoms with Crippen LogP contribution >= 0.6 is 0 Å². The minimum Gasteiger partial charge on any atom is -0.497 e. The van der Waals surface area contributed by atoms with Gasteiger partial charge in [0, 0.05) is 6.42 Å². The Morgan fingerprint density at radius 2 is 2.14 bits per heavy atom. The lowest BCUT2D eigenvalue weighted by Crippen LogP contribution is -1.95.